The lowest BCUT2D eigenvalue weighted by Crippen LogP contribution is -2.46. The molecule has 2 aliphatic rings. The third-order valence-corrected chi connectivity index (χ3v) is 4.77. The standard InChI is InChI=1S/C17H27N5O.HI/c1-14-4-3-6-19-16(14)12-20-17(18-2)22-7-5-15(13-22)21-8-10-23-11-9-21;/h3-4,6,15H,5,7-13H2,1-2H3,(H,18,20);1H. The number of likely N-dealkylation sites (tertiary alicyclic amines) is 1. The molecule has 7 heteroatoms. The van der Waals surface area contributed by atoms with Gasteiger partial charge in [0.15, 0.2) is 5.96 Å². The fraction of sp³-hybridized carbons (Fsp3) is 0.647. The lowest BCUT2D eigenvalue weighted by Gasteiger charge is -2.32. The molecule has 3 heterocycles. The number of hydrogen-bond acceptors (Lipinski definition) is 4. The lowest BCUT2D eigenvalue weighted by molar-refractivity contribution is 0.0195. The number of aryl methyl sites for hydroxylation is 1. The summed E-state index contributed by atoms with van der Waals surface area (Å²) in [5.74, 6) is 0.978. The van der Waals surface area contributed by atoms with Gasteiger partial charge in [0, 0.05) is 45.5 Å². The number of rotatable bonds is 3. The molecule has 0 spiro atoms. The molecule has 0 bridgehead atoms. The van der Waals surface area contributed by atoms with E-state index in [2.05, 4.69) is 38.1 Å². The fourth-order valence-corrected chi connectivity index (χ4v) is 3.37. The maximum absolute atomic E-state index is 5.46. The second-order valence-electron chi connectivity index (χ2n) is 6.20. The van der Waals surface area contributed by atoms with Crippen LogP contribution in [-0.4, -0.2) is 73.2 Å². The van der Waals surface area contributed by atoms with Crippen LogP contribution in [0.2, 0.25) is 0 Å². The Morgan fingerprint density at radius 3 is 2.88 bits per heavy atom. The van der Waals surface area contributed by atoms with Crippen LogP contribution in [0.1, 0.15) is 17.7 Å². The number of morpholine rings is 1. The summed E-state index contributed by atoms with van der Waals surface area (Å²) in [5, 5.41) is 3.46. The van der Waals surface area contributed by atoms with Gasteiger partial charge in [0.2, 0.25) is 0 Å². The van der Waals surface area contributed by atoms with Crippen molar-refractivity contribution in [2.24, 2.45) is 4.99 Å². The van der Waals surface area contributed by atoms with E-state index < -0.39 is 0 Å². The highest BCUT2D eigenvalue weighted by molar-refractivity contribution is 14.0. The Labute approximate surface area is 161 Å². The van der Waals surface area contributed by atoms with Gasteiger partial charge in [-0.15, -0.1) is 24.0 Å². The highest BCUT2D eigenvalue weighted by Gasteiger charge is 2.30. The van der Waals surface area contributed by atoms with Gasteiger partial charge in [0.1, 0.15) is 0 Å². The first-order valence-corrected chi connectivity index (χ1v) is 8.46. The minimum atomic E-state index is 0. The van der Waals surface area contributed by atoms with Crippen LogP contribution in [0.25, 0.3) is 0 Å². The zero-order chi connectivity index (χ0) is 16.1. The first-order chi connectivity index (χ1) is 11.3. The summed E-state index contributed by atoms with van der Waals surface area (Å²) < 4.78 is 5.46. The van der Waals surface area contributed by atoms with Crippen LogP contribution in [0, 0.1) is 6.92 Å². The van der Waals surface area contributed by atoms with Crippen molar-refractivity contribution in [1.29, 1.82) is 0 Å². The minimum absolute atomic E-state index is 0. The number of nitrogens with zero attached hydrogens (tertiary/aromatic N) is 4. The van der Waals surface area contributed by atoms with Gasteiger partial charge in [-0.2, -0.15) is 0 Å². The number of pyridine rings is 1. The number of ether oxygens (including phenoxy) is 1. The molecule has 1 aromatic rings. The number of halogens is 1. The highest BCUT2D eigenvalue weighted by Crippen LogP contribution is 2.17. The molecule has 1 atom stereocenters. The van der Waals surface area contributed by atoms with Gasteiger partial charge in [-0.1, -0.05) is 6.07 Å². The summed E-state index contributed by atoms with van der Waals surface area (Å²) in [6, 6.07) is 4.69. The summed E-state index contributed by atoms with van der Waals surface area (Å²) in [5.41, 5.74) is 2.29. The fourth-order valence-electron chi connectivity index (χ4n) is 3.37. The van der Waals surface area contributed by atoms with Crippen molar-refractivity contribution in [1.82, 2.24) is 20.1 Å². The Morgan fingerprint density at radius 1 is 1.38 bits per heavy atom. The largest absolute Gasteiger partial charge is 0.379 e. The molecule has 1 aromatic heterocycles. The Balaban J connectivity index is 0.00000208. The molecule has 0 radical (unpaired) electrons. The molecule has 6 nitrogen and oxygen atoms in total. The van der Waals surface area contributed by atoms with E-state index in [1.165, 1.54) is 12.0 Å². The van der Waals surface area contributed by atoms with E-state index in [-0.39, 0.29) is 24.0 Å². The van der Waals surface area contributed by atoms with E-state index in [0.29, 0.717) is 6.04 Å². The summed E-state index contributed by atoms with van der Waals surface area (Å²) in [7, 11) is 1.86. The van der Waals surface area contributed by atoms with Crippen LogP contribution < -0.4 is 5.32 Å². The maximum atomic E-state index is 5.46. The van der Waals surface area contributed by atoms with Crippen molar-refractivity contribution >= 4 is 29.9 Å². The zero-order valence-electron chi connectivity index (χ0n) is 14.6. The molecular weight excluding hydrogens is 417 g/mol. The molecule has 1 N–H and O–H groups in total. The number of guanidine groups is 1. The van der Waals surface area contributed by atoms with Crippen LogP contribution in [0.15, 0.2) is 23.3 Å². The predicted octanol–water partition coefficient (Wildman–Crippen LogP) is 1.49. The third kappa shape index (κ3) is 4.80. The molecular formula is C17H28IN5O. The molecule has 0 aromatic carbocycles. The molecule has 2 saturated heterocycles. The number of aromatic nitrogens is 1. The molecule has 1 unspecified atom stereocenters. The SMILES string of the molecule is CN=C(NCc1ncccc1C)N1CCC(N2CCOCC2)C1.I. The molecule has 24 heavy (non-hydrogen) atoms. The highest BCUT2D eigenvalue weighted by atomic mass is 127. The summed E-state index contributed by atoms with van der Waals surface area (Å²) >= 11 is 0. The second kappa shape index (κ2) is 9.53. The van der Waals surface area contributed by atoms with Gasteiger partial charge in [0.25, 0.3) is 0 Å². The van der Waals surface area contributed by atoms with Crippen molar-refractivity contribution in [2.45, 2.75) is 25.9 Å². The summed E-state index contributed by atoms with van der Waals surface area (Å²) in [6.45, 7) is 8.75. The Bertz CT molecular complexity index is 548. The minimum Gasteiger partial charge on any atom is -0.379 e. The van der Waals surface area contributed by atoms with Gasteiger partial charge in [-0.3, -0.25) is 14.9 Å². The van der Waals surface area contributed by atoms with E-state index in [9.17, 15) is 0 Å². The lowest BCUT2D eigenvalue weighted by atomic mass is 10.2. The van der Waals surface area contributed by atoms with E-state index >= 15 is 0 Å². The van der Waals surface area contributed by atoms with Gasteiger partial charge >= 0.3 is 0 Å². The number of nitrogens with one attached hydrogen (secondary N) is 1. The molecule has 0 saturated carbocycles. The topological polar surface area (TPSA) is 53.0 Å². The van der Waals surface area contributed by atoms with Crippen LogP contribution >= 0.6 is 24.0 Å². The number of hydrogen-bond donors (Lipinski definition) is 1. The van der Waals surface area contributed by atoms with Gasteiger partial charge in [-0.25, -0.2) is 0 Å². The quantitative estimate of drug-likeness (QED) is 0.434. The van der Waals surface area contributed by atoms with Gasteiger partial charge in [0.05, 0.1) is 25.5 Å². The average Bonchev–Trinajstić information content (AvgIpc) is 3.08. The van der Waals surface area contributed by atoms with Crippen molar-refractivity contribution in [3.8, 4) is 0 Å². The van der Waals surface area contributed by atoms with E-state index in [1.54, 1.807) is 0 Å². The molecule has 0 amide bonds. The van der Waals surface area contributed by atoms with E-state index in [4.69, 9.17) is 4.74 Å². The average molecular weight is 445 g/mol. The molecule has 2 aliphatic heterocycles. The van der Waals surface area contributed by atoms with Crippen LogP contribution in [0.4, 0.5) is 0 Å². The Hall–Kier alpha value is -0.930. The first-order valence-electron chi connectivity index (χ1n) is 8.46. The monoisotopic (exact) mass is 445 g/mol. The predicted molar refractivity (Wildman–Crippen MR) is 107 cm³/mol. The van der Waals surface area contributed by atoms with Crippen molar-refractivity contribution in [3.05, 3.63) is 29.6 Å². The second-order valence-corrected chi connectivity index (χ2v) is 6.20. The Morgan fingerprint density at radius 2 is 2.17 bits per heavy atom. The van der Waals surface area contributed by atoms with Gasteiger partial charge in [-0.05, 0) is 25.0 Å². The zero-order valence-corrected chi connectivity index (χ0v) is 16.9. The van der Waals surface area contributed by atoms with Gasteiger partial charge < -0.3 is 15.0 Å². The third-order valence-electron chi connectivity index (χ3n) is 4.77. The van der Waals surface area contributed by atoms with Crippen LogP contribution in [0.3, 0.4) is 0 Å². The van der Waals surface area contributed by atoms with E-state index in [0.717, 1.165) is 57.6 Å². The Kier molecular flexibility index (Phi) is 7.70. The maximum Gasteiger partial charge on any atom is 0.194 e. The normalized spacial score (nSPS) is 22.3. The molecule has 0 aliphatic carbocycles. The molecule has 2 fully saturated rings. The van der Waals surface area contributed by atoms with Crippen LogP contribution in [-0.2, 0) is 11.3 Å². The summed E-state index contributed by atoms with van der Waals surface area (Å²) in [4.78, 5) is 13.8. The number of aliphatic imine (C=N–C) groups is 1. The molecule has 134 valence electrons. The molecule has 3 rings (SSSR count). The van der Waals surface area contributed by atoms with Crippen molar-refractivity contribution in [2.75, 3.05) is 46.4 Å². The van der Waals surface area contributed by atoms with Crippen LogP contribution in [0.5, 0.6) is 0 Å². The van der Waals surface area contributed by atoms with Crippen molar-refractivity contribution < 1.29 is 4.74 Å². The smallest absolute Gasteiger partial charge is 0.194 e. The summed E-state index contributed by atoms with van der Waals surface area (Å²) in [6.07, 6.45) is 3.04. The first kappa shape index (κ1) is 19.4. The van der Waals surface area contributed by atoms with E-state index in [1.807, 2.05) is 19.3 Å². The van der Waals surface area contributed by atoms with Crippen molar-refractivity contribution in [3.63, 3.8) is 0 Å².